The molecule has 3 N–H and O–H groups in total. The number of carboxylic acid groups (broad SMARTS) is 1. The van der Waals surface area contributed by atoms with Gasteiger partial charge in [0, 0.05) is 0 Å². The van der Waals surface area contributed by atoms with Crippen LogP contribution < -0.4 is 0 Å². The Kier molecular flexibility index (Phi) is 8.95. The van der Waals surface area contributed by atoms with Crippen LogP contribution in [-0.2, 0) is 15.8 Å². The lowest BCUT2D eigenvalue weighted by atomic mass is 9.72. The fourth-order valence-electron chi connectivity index (χ4n) is 5.75. The minimum Gasteiger partial charge on any atom is -0.481 e. The Morgan fingerprint density at radius 1 is 0.846 bits per heavy atom. The molecule has 1 aliphatic heterocycles. The number of rotatable bonds is 10. The van der Waals surface area contributed by atoms with Crippen LogP contribution in [0, 0.1) is 19.8 Å². The normalized spacial score (nSPS) is 16.3. The number of carboxylic acids is 1. The van der Waals surface area contributed by atoms with Crippen molar-refractivity contribution >= 4 is 5.97 Å². The first-order chi connectivity index (χ1) is 18.5. The molecule has 1 atom stereocenters. The van der Waals surface area contributed by atoms with Crippen LogP contribution in [0.3, 0.4) is 0 Å². The van der Waals surface area contributed by atoms with Gasteiger partial charge in [0.2, 0.25) is 0 Å². The fraction of sp³-hybridized carbons (Fsp3) is 0.441. The molecular weight excluding hydrogens is 486 g/mol. The van der Waals surface area contributed by atoms with E-state index in [0.717, 1.165) is 61.2 Å². The summed E-state index contributed by atoms with van der Waals surface area (Å²) in [5.74, 6) is -0.742. The third kappa shape index (κ3) is 6.43. The standard InChI is InChI=1S/C34H43NO4/c1-24-7-13-28(14-8-24)34(39,29-15-9-25(2)10-16-29)30-19-22-35(23-20-30)21-5-6-31(36)26-11-17-27(18-12-26)33(3,4)32(37)38/h7-18,30-31,36,39H,5-6,19-23H2,1-4H3,(H,37,38). The second kappa shape index (κ2) is 12.0. The molecular formula is C34H43NO4. The maximum absolute atomic E-state index is 12.2. The van der Waals surface area contributed by atoms with E-state index < -0.39 is 23.1 Å². The van der Waals surface area contributed by atoms with Crippen LogP contribution in [0.15, 0.2) is 72.8 Å². The minimum absolute atomic E-state index is 0.123. The van der Waals surface area contributed by atoms with E-state index in [4.69, 9.17) is 0 Å². The van der Waals surface area contributed by atoms with E-state index in [2.05, 4.69) is 67.3 Å². The third-order valence-corrected chi connectivity index (χ3v) is 8.67. The Bertz CT molecular complexity index is 1180. The van der Waals surface area contributed by atoms with Gasteiger partial charge in [-0.25, -0.2) is 0 Å². The van der Waals surface area contributed by atoms with Gasteiger partial charge in [-0.3, -0.25) is 4.79 Å². The van der Waals surface area contributed by atoms with Gasteiger partial charge in [-0.2, -0.15) is 0 Å². The molecule has 3 aromatic carbocycles. The molecule has 1 fully saturated rings. The molecule has 39 heavy (non-hydrogen) atoms. The molecule has 1 unspecified atom stereocenters. The first kappa shape index (κ1) is 29.0. The Morgan fingerprint density at radius 3 is 1.77 bits per heavy atom. The highest BCUT2D eigenvalue weighted by atomic mass is 16.4. The maximum Gasteiger partial charge on any atom is 0.313 e. The summed E-state index contributed by atoms with van der Waals surface area (Å²) in [5, 5.41) is 32.4. The highest BCUT2D eigenvalue weighted by Gasteiger charge is 2.41. The van der Waals surface area contributed by atoms with E-state index >= 15 is 0 Å². The zero-order valence-electron chi connectivity index (χ0n) is 23.7. The van der Waals surface area contributed by atoms with Crippen LogP contribution in [0.1, 0.15) is 79.0 Å². The third-order valence-electron chi connectivity index (χ3n) is 8.67. The number of likely N-dealkylation sites (tertiary alicyclic amines) is 1. The highest BCUT2D eigenvalue weighted by molar-refractivity contribution is 5.80. The topological polar surface area (TPSA) is 81.0 Å². The van der Waals surface area contributed by atoms with Gasteiger partial charge >= 0.3 is 5.97 Å². The van der Waals surface area contributed by atoms with E-state index in [0.29, 0.717) is 6.42 Å². The van der Waals surface area contributed by atoms with Crippen molar-refractivity contribution in [2.45, 2.75) is 70.5 Å². The molecule has 0 saturated carbocycles. The number of hydrogen-bond donors (Lipinski definition) is 3. The van der Waals surface area contributed by atoms with Crippen LogP contribution in [0.5, 0.6) is 0 Å². The van der Waals surface area contributed by atoms with Gasteiger partial charge in [0.25, 0.3) is 0 Å². The summed E-state index contributed by atoms with van der Waals surface area (Å²) in [7, 11) is 0. The van der Waals surface area contributed by atoms with Gasteiger partial charge < -0.3 is 20.2 Å². The predicted molar refractivity (Wildman–Crippen MR) is 156 cm³/mol. The van der Waals surface area contributed by atoms with Gasteiger partial charge in [-0.05, 0) is 101 Å². The molecule has 5 nitrogen and oxygen atoms in total. The van der Waals surface area contributed by atoms with Crippen LogP contribution in [0.4, 0.5) is 0 Å². The first-order valence-electron chi connectivity index (χ1n) is 14.1. The lowest BCUT2D eigenvalue weighted by Crippen LogP contribution is -2.44. The molecule has 1 aliphatic rings. The van der Waals surface area contributed by atoms with E-state index in [1.807, 2.05) is 12.1 Å². The molecule has 0 radical (unpaired) electrons. The van der Waals surface area contributed by atoms with Crippen molar-refractivity contribution in [3.8, 4) is 0 Å². The zero-order valence-corrected chi connectivity index (χ0v) is 23.7. The van der Waals surface area contributed by atoms with Gasteiger partial charge in [0.1, 0.15) is 5.60 Å². The monoisotopic (exact) mass is 529 g/mol. The number of piperidine rings is 1. The molecule has 208 valence electrons. The van der Waals surface area contributed by atoms with Crippen LogP contribution >= 0.6 is 0 Å². The van der Waals surface area contributed by atoms with Gasteiger partial charge in [0.05, 0.1) is 11.5 Å². The quantitative estimate of drug-likeness (QED) is 0.295. The summed E-state index contributed by atoms with van der Waals surface area (Å²) in [6.45, 7) is 10.2. The molecule has 1 heterocycles. The number of benzene rings is 3. The second-order valence-electron chi connectivity index (χ2n) is 11.8. The number of aliphatic hydroxyl groups is 2. The number of carbonyl (C=O) groups is 1. The second-order valence-corrected chi connectivity index (χ2v) is 11.8. The molecule has 4 rings (SSSR count). The van der Waals surface area contributed by atoms with Gasteiger partial charge in [-0.1, -0.05) is 83.9 Å². The van der Waals surface area contributed by atoms with Gasteiger partial charge in [0.15, 0.2) is 0 Å². The van der Waals surface area contributed by atoms with Crippen molar-refractivity contribution in [1.82, 2.24) is 4.90 Å². The Labute approximate surface area is 233 Å². The largest absolute Gasteiger partial charge is 0.481 e. The van der Waals surface area contributed by atoms with Crippen molar-refractivity contribution in [2.75, 3.05) is 19.6 Å². The molecule has 5 heteroatoms. The van der Waals surface area contributed by atoms with Gasteiger partial charge in [-0.15, -0.1) is 0 Å². The van der Waals surface area contributed by atoms with Crippen molar-refractivity contribution in [1.29, 1.82) is 0 Å². The van der Waals surface area contributed by atoms with Crippen LogP contribution in [0.2, 0.25) is 0 Å². The Balaban J connectivity index is 1.34. The SMILES string of the molecule is Cc1ccc(C(O)(c2ccc(C)cc2)C2CCN(CCCC(O)c3ccc(C(C)(C)C(=O)O)cc3)CC2)cc1. The summed E-state index contributed by atoms with van der Waals surface area (Å²) < 4.78 is 0. The Morgan fingerprint density at radius 2 is 1.31 bits per heavy atom. The molecule has 0 aliphatic carbocycles. The van der Waals surface area contributed by atoms with E-state index in [1.54, 1.807) is 26.0 Å². The summed E-state index contributed by atoms with van der Waals surface area (Å²) in [4.78, 5) is 13.9. The lowest BCUT2D eigenvalue weighted by molar-refractivity contribution is -0.142. The first-order valence-corrected chi connectivity index (χ1v) is 14.1. The van der Waals surface area contributed by atoms with E-state index in [9.17, 15) is 20.1 Å². The molecule has 0 spiro atoms. The van der Waals surface area contributed by atoms with Crippen molar-refractivity contribution < 1.29 is 20.1 Å². The number of aliphatic hydroxyl groups excluding tert-OH is 1. The summed E-state index contributed by atoms with van der Waals surface area (Å²) in [6, 6.07) is 23.9. The molecule has 3 aromatic rings. The number of aliphatic carboxylic acids is 1. The summed E-state index contributed by atoms with van der Waals surface area (Å²) >= 11 is 0. The highest BCUT2D eigenvalue weighted by Crippen LogP contribution is 2.42. The predicted octanol–water partition coefficient (Wildman–Crippen LogP) is 6.13. The fourth-order valence-corrected chi connectivity index (χ4v) is 5.75. The summed E-state index contributed by atoms with van der Waals surface area (Å²) in [5.41, 5.74) is 3.84. The summed E-state index contributed by atoms with van der Waals surface area (Å²) in [6.07, 6.45) is 2.76. The number of hydrogen-bond acceptors (Lipinski definition) is 4. The molecule has 1 saturated heterocycles. The van der Waals surface area contributed by atoms with Crippen molar-refractivity contribution in [3.63, 3.8) is 0 Å². The number of nitrogens with zero attached hydrogens (tertiary/aromatic N) is 1. The molecule has 0 bridgehead atoms. The average Bonchev–Trinajstić information content (AvgIpc) is 2.93. The minimum atomic E-state index is -1.02. The molecule has 0 aromatic heterocycles. The van der Waals surface area contributed by atoms with Crippen molar-refractivity contribution in [2.24, 2.45) is 5.92 Å². The molecule has 0 amide bonds. The lowest BCUT2D eigenvalue weighted by Gasteiger charge is -2.42. The average molecular weight is 530 g/mol. The van der Waals surface area contributed by atoms with E-state index in [-0.39, 0.29) is 5.92 Å². The zero-order chi connectivity index (χ0) is 28.2. The smallest absolute Gasteiger partial charge is 0.313 e. The van der Waals surface area contributed by atoms with Crippen LogP contribution in [-0.4, -0.2) is 45.8 Å². The van der Waals surface area contributed by atoms with Crippen molar-refractivity contribution in [3.05, 3.63) is 106 Å². The Hall–Kier alpha value is -2.99. The maximum atomic E-state index is 12.2. The number of aryl methyl sites for hydroxylation is 2. The van der Waals surface area contributed by atoms with E-state index in [1.165, 1.54) is 11.1 Å². The van der Waals surface area contributed by atoms with Crippen LogP contribution in [0.25, 0.3) is 0 Å².